The van der Waals surface area contributed by atoms with Crippen LogP contribution in [0, 0.1) is 5.95 Å². The Kier molecular flexibility index (Phi) is 4.56. The van der Waals surface area contributed by atoms with Gasteiger partial charge in [0.05, 0.1) is 17.7 Å². The summed E-state index contributed by atoms with van der Waals surface area (Å²) in [5.41, 5.74) is -1.52. The molecule has 5 nitrogen and oxygen atoms in total. The van der Waals surface area contributed by atoms with Crippen LogP contribution in [0.2, 0.25) is 0 Å². The van der Waals surface area contributed by atoms with Crippen LogP contribution in [0.1, 0.15) is 22.3 Å². The molecule has 0 bridgehead atoms. The molecule has 0 aliphatic carbocycles. The van der Waals surface area contributed by atoms with Gasteiger partial charge in [0.2, 0.25) is 11.8 Å². The Labute approximate surface area is 140 Å². The summed E-state index contributed by atoms with van der Waals surface area (Å²) in [4.78, 5) is 20.9. The maximum Gasteiger partial charge on any atom is 0.417 e. The molecule has 0 spiro atoms. The van der Waals surface area contributed by atoms with E-state index in [1.165, 1.54) is 23.1 Å². The first-order valence-corrected chi connectivity index (χ1v) is 7.44. The van der Waals surface area contributed by atoms with E-state index in [0.717, 1.165) is 18.5 Å². The van der Waals surface area contributed by atoms with E-state index in [1.807, 2.05) is 0 Å². The van der Waals surface area contributed by atoms with Gasteiger partial charge in [-0.3, -0.25) is 9.78 Å². The molecular weight excluding hydrogens is 342 g/mol. The molecule has 1 fully saturated rings. The Morgan fingerprint density at radius 3 is 2.80 bits per heavy atom. The van der Waals surface area contributed by atoms with Crippen molar-refractivity contribution in [1.29, 1.82) is 0 Å². The molecule has 132 valence electrons. The largest absolute Gasteiger partial charge is 0.472 e. The van der Waals surface area contributed by atoms with E-state index in [0.29, 0.717) is 6.42 Å². The summed E-state index contributed by atoms with van der Waals surface area (Å²) in [6.45, 7) is 0.314. The fourth-order valence-electron chi connectivity index (χ4n) is 2.62. The highest BCUT2D eigenvalue weighted by atomic mass is 19.4. The van der Waals surface area contributed by atoms with Crippen LogP contribution in [0.4, 0.5) is 17.6 Å². The van der Waals surface area contributed by atoms with E-state index in [9.17, 15) is 22.4 Å². The predicted octanol–water partition coefficient (Wildman–Crippen LogP) is 2.93. The number of nitrogens with zero attached hydrogens (tertiary/aromatic N) is 3. The third-order valence-electron chi connectivity index (χ3n) is 3.77. The molecule has 2 aromatic rings. The molecule has 25 heavy (non-hydrogen) atoms. The Morgan fingerprint density at radius 2 is 2.08 bits per heavy atom. The third kappa shape index (κ3) is 3.86. The first-order chi connectivity index (χ1) is 11.8. The number of halogens is 4. The number of rotatable bonds is 3. The number of alkyl halides is 3. The number of ether oxygens (including phenoxy) is 1. The van der Waals surface area contributed by atoms with Crippen LogP contribution >= 0.6 is 0 Å². The van der Waals surface area contributed by atoms with Crippen LogP contribution in [0.15, 0.2) is 36.7 Å². The van der Waals surface area contributed by atoms with Crippen molar-refractivity contribution in [1.82, 2.24) is 14.9 Å². The molecule has 1 atom stereocenters. The second kappa shape index (κ2) is 6.66. The van der Waals surface area contributed by atoms with Crippen LogP contribution in [0.3, 0.4) is 0 Å². The van der Waals surface area contributed by atoms with Gasteiger partial charge < -0.3 is 9.64 Å². The van der Waals surface area contributed by atoms with Gasteiger partial charge in [0.1, 0.15) is 6.10 Å². The van der Waals surface area contributed by atoms with Gasteiger partial charge in [0.15, 0.2) is 0 Å². The van der Waals surface area contributed by atoms with Crippen molar-refractivity contribution < 1.29 is 27.1 Å². The summed E-state index contributed by atoms with van der Waals surface area (Å²) < 4.78 is 57.6. The van der Waals surface area contributed by atoms with Crippen LogP contribution in [-0.4, -0.2) is 40.0 Å². The van der Waals surface area contributed by atoms with E-state index >= 15 is 0 Å². The summed E-state index contributed by atoms with van der Waals surface area (Å²) in [6, 6.07) is 4.84. The Morgan fingerprint density at radius 1 is 1.28 bits per heavy atom. The number of carbonyl (C=O) groups excluding carboxylic acids is 1. The fraction of sp³-hybridized carbons (Fsp3) is 0.312. The first kappa shape index (κ1) is 17.1. The normalized spacial score (nSPS) is 17.6. The van der Waals surface area contributed by atoms with Gasteiger partial charge in [-0.2, -0.15) is 22.5 Å². The maximum atomic E-state index is 13.1. The third-order valence-corrected chi connectivity index (χ3v) is 3.77. The summed E-state index contributed by atoms with van der Waals surface area (Å²) in [6.07, 6.45) is -2.80. The van der Waals surface area contributed by atoms with Gasteiger partial charge in [-0.1, -0.05) is 6.07 Å². The molecule has 2 aromatic heterocycles. The number of likely N-dealkylation sites (tertiary alicyclic amines) is 1. The molecule has 1 saturated heterocycles. The molecule has 0 N–H and O–H groups in total. The highest BCUT2D eigenvalue weighted by Crippen LogP contribution is 2.32. The standard InChI is InChI=1S/C16H13F4N3O2/c17-13-2-1-3-14(22-13)25-10-5-7-23(9-10)15(24)11-8-21-6-4-12(11)16(18,19)20/h1-4,6,8,10H,5,7,9H2. The highest BCUT2D eigenvalue weighted by molar-refractivity contribution is 5.95. The van der Waals surface area contributed by atoms with Gasteiger partial charge >= 0.3 is 6.18 Å². The lowest BCUT2D eigenvalue weighted by molar-refractivity contribution is -0.138. The average molecular weight is 355 g/mol. The molecule has 0 aromatic carbocycles. The minimum absolute atomic E-state index is 0.0663. The van der Waals surface area contributed by atoms with Crippen LogP contribution in [0.25, 0.3) is 0 Å². The van der Waals surface area contributed by atoms with Gasteiger partial charge in [-0.25, -0.2) is 0 Å². The zero-order chi connectivity index (χ0) is 18.0. The Bertz CT molecular complexity index is 782. The number of amides is 1. The maximum absolute atomic E-state index is 13.1. The van der Waals surface area contributed by atoms with Crippen molar-refractivity contribution in [3.63, 3.8) is 0 Å². The van der Waals surface area contributed by atoms with E-state index in [-0.39, 0.29) is 19.0 Å². The average Bonchev–Trinajstić information content (AvgIpc) is 3.02. The lowest BCUT2D eigenvalue weighted by Crippen LogP contribution is -2.32. The molecule has 3 rings (SSSR count). The number of hydrogen-bond acceptors (Lipinski definition) is 4. The van der Waals surface area contributed by atoms with Gasteiger partial charge in [0, 0.05) is 31.4 Å². The number of pyridine rings is 2. The second-order valence-electron chi connectivity index (χ2n) is 5.50. The topological polar surface area (TPSA) is 55.3 Å². The number of hydrogen-bond donors (Lipinski definition) is 0. The minimum atomic E-state index is -4.64. The van der Waals surface area contributed by atoms with Gasteiger partial charge in [-0.15, -0.1) is 0 Å². The summed E-state index contributed by atoms with van der Waals surface area (Å²) in [5, 5.41) is 0. The molecule has 0 saturated carbocycles. The van der Waals surface area contributed by atoms with E-state index in [1.54, 1.807) is 0 Å². The van der Waals surface area contributed by atoms with Crippen molar-refractivity contribution in [2.75, 3.05) is 13.1 Å². The smallest absolute Gasteiger partial charge is 0.417 e. The van der Waals surface area contributed by atoms with E-state index < -0.39 is 35.3 Å². The van der Waals surface area contributed by atoms with E-state index in [4.69, 9.17) is 4.74 Å². The predicted molar refractivity (Wildman–Crippen MR) is 78.4 cm³/mol. The molecule has 1 aliphatic rings. The van der Waals surface area contributed by atoms with Gasteiger partial charge in [0.25, 0.3) is 5.91 Å². The van der Waals surface area contributed by atoms with Crippen molar-refractivity contribution in [2.24, 2.45) is 0 Å². The lowest BCUT2D eigenvalue weighted by Gasteiger charge is -2.19. The molecule has 3 heterocycles. The summed E-state index contributed by atoms with van der Waals surface area (Å²) >= 11 is 0. The lowest BCUT2D eigenvalue weighted by atomic mass is 10.1. The van der Waals surface area contributed by atoms with Crippen molar-refractivity contribution in [2.45, 2.75) is 18.7 Å². The zero-order valence-electron chi connectivity index (χ0n) is 12.8. The monoisotopic (exact) mass is 355 g/mol. The minimum Gasteiger partial charge on any atom is -0.472 e. The quantitative estimate of drug-likeness (QED) is 0.628. The molecule has 1 unspecified atom stereocenters. The summed E-state index contributed by atoms with van der Waals surface area (Å²) in [7, 11) is 0. The molecule has 1 aliphatic heterocycles. The van der Waals surface area contributed by atoms with E-state index in [2.05, 4.69) is 9.97 Å². The van der Waals surface area contributed by atoms with Crippen LogP contribution in [0.5, 0.6) is 5.88 Å². The summed E-state index contributed by atoms with van der Waals surface area (Å²) in [5.74, 6) is -1.40. The van der Waals surface area contributed by atoms with Gasteiger partial charge in [-0.05, 0) is 12.1 Å². The number of aromatic nitrogens is 2. The van der Waals surface area contributed by atoms with Crippen LogP contribution < -0.4 is 4.74 Å². The Hall–Kier alpha value is -2.71. The fourth-order valence-corrected chi connectivity index (χ4v) is 2.62. The molecular formula is C16H13F4N3O2. The molecule has 0 radical (unpaired) electrons. The van der Waals surface area contributed by atoms with Crippen molar-refractivity contribution in [3.8, 4) is 5.88 Å². The SMILES string of the molecule is O=C(c1cnccc1C(F)(F)F)N1CCC(Oc2cccc(F)n2)C1. The molecule has 1 amide bonds. The highest BCUT2D eigenvalue weighted by Gasteiger charge is 2.38. The van der Waals surface area contributed by atoms with Crippen LogP contribution in [-0.2, 0) is 6.18 Å². The van der Waals surface area contributed by atoms with Crippen molar-refractivity contribution in [3.05, 3.63) is 53.7 Å². The molecule has 9 heteroatoms. The first-order valence-electron chi connectivity index (χ1n) is 7.44. The zero-order valence-corrected chi connectivity index (χ0v) is 12.8. The van der Waals surface area contributed by atoms with Crippen molar-refractivity contribution >= 4 is 5.91 Å². The Balaban J connectivity index is 1.71. The number of carbonyl (C=O) groups is 1. The second-order valence-corrected chi connectivity index (χ2v) is 5.50.